The van der Waals surface area contributed by atoms with Crippen molar-refractivity contribution in [2.24, 2.45) is 0 Å². The van der Waals surface area contributed by atoms with Crippen LogP contribution in [0.15, 0.2) is 48.7 Å². The van der Waals surface area contributed by atoms with Gasteiger partial charge in [-0.25, -0.2) is 9.78 Å². The lowest BCUT2D eigenvalue weighted by molar-refractivity contribution is -0.192. The molecule has 34 heavy (non-hydrogen) atoms. The highest BCUT2D eigenvalue weighted by Crippen LogP contribution is 2.29. The largest absolute Gasteiger partial charge is 0.490 e. The number of aliphatic hydroxyl groups is 1. The molecule has 7 nitrogen and oxygen atoms in total. The van der Waals surface area contributed by atoms with Crippen molar-refractivity contribution in [3.8, 4) is 11.3 Å². The minimum absolute atomic E-state index is 0.250. The SMILES string of the molecule is O=C(NCC1(O)CCCCC1)c1nc(-c2cccc(Cl)c2)c2ccccn12.O=C(O)C(F)(F)F. The third-order valence-corrected chi connectivity index (χ3v) is 5.69. The summed E-state index contributed by atoms with van der Waals surface area (Å²) in [5, 5.41) is 21.3. The normalized spacial score (nSPS) is 15.3. The van der Waals surface area contributed by atoms with Crippen LogP contribution in [0.2, 0.25) is 5.02 Å². The van der Waals surface area contributed by atoms with Crippen molar-refractivity contribution >= 4 is 29.0 Å². The summed E-state index contributed by atoms with van der Waals surface area (Å²) in [7, 11) is 0. The van der Waals surface area contributed by atoms with Crippen molar-refractivity contribution in [1.29, 1.82) is 0 Å². The molecule has 3 aromatic rings. The molecule has 0 spiro atoms. The van der Waals surface area contributed by atoms with Gasteiger partial charge in [0.2, 0.25) is 5.82 Å². The summed E-state index contributed by atoms with van der Waals surface area (Å²) in [6, 6.07) is 13.1. The second-order valence-corrected chi connectivity index (χ2v) is 8.46. The van der Waals surface area contributed by atoms with Crippen molar-refractivity contribution in [2.45, 2.75) is 43.9 Å². The lowest BCUT2D eigenvalue weighted by Crippen LogP contribution is -2.44. The molecule has 1 aromatic carbocycles. The number of amides is 1. The minimum Gasteiger partial charge on any atom is -0.475 e. The highest BCUT2D eigenvalue weighted by Gasteiger charge is 2.38. The molecule has 0 radical (unpaired) electrons. The summed E-state index contributed by atoms with van der Waals surface area (Å²) in [6.07, 6.45) is 1.33. The van der Waals surface area contributed by atoms with Crippen LogP contribution in [0.3, 0.4) is 0 Å². The van der Waals surface area contributed by atoms with E-state index in [-0.39, 0.29) is 12.5 Å². The zero-order valence-electron chi connectivity index (χ0n) is 18.0. The third kappa shape index (κ3) is 6.27. The van der Waals surface area contributed by atoms with Gasteiger partial charge in [0.1, 0.15) is 0 Å². The number of aliphatic carboxylic acids is 1. The number of hydrogen-bond acceptors (Lipinski definition) is 4. The van der Waals surface area contributed by atoms with Gasteiger partial charge in [0.25, 0.3) is 5.91 Å². The van der Waals surface area contributed by atoms with E-state index in [9.17, 15) is 23.1 Å². The predicted octanol–water partition coefficient (Wildman–Crippen LogP) is 4.71. The molecule has 1 fully saturated rings. The van der Waals surface area contributed by atoms with Gasteiger partial charge < -0.3 is 15.5 Å². The van der Waals surface area contributed by atoms with Crippen LogP contribution in [0.4, 0.5) is 13.2 Å². The molecule has 11 heteroatoms. The van der Waals surface area contributed by atoms with Crippen LogP contribution in [-0.2, 0) is 4.79 Å². The molecule has 0 bridgehead atoms. The van der Waals surface area contributed by atoms with E-state index in [1.807, 2.05) is 48.7 Å². The first kappa shape index (κ1) is 25.5. The Bertz CT molecular complexity index is 1170. The van der Waals surface area contributed by atoms with Crippen LogP contribution in [0.25, 0.3) is 16.8 Å². The van der Waals surface area contributed by atoms with Crippen molar-refractivity contribution in [1.82, 2.24) is 14.7 Å². The van der Waals surface area contributed by atoms with E-state index >= 15 is 0 Å². The summed E-state index contributed by atoms with van der Waals surface area (Å²) in [5.41, 5.74) is 1.59. The fraction of sp³-hybridized carbons (Fsp3) is 0.348. The summed E-state index contributed by atoms with van der Waals surface area (Å²) in [4.78, 5) is 26.3. The molecule has 0 aliphatic heterocycles. The molecule has 1 aliphatic rings. The number of carbonyl (C=O) groups is 2. The smallest absolute Gasteiger partial charge is 0.475 e. The highest BCUT2D eigenvalue weighted by atomic mass is 35.5. The van der Waals surface area contributed by atoms with Gasteiger partial charge in [-0.2, -0.15) is 13.2 Å². The number of carbonyl (C=O) groups excluding carboxylic acids is 1. The van der Waals surface area contributed by atoms with Crippen LogP contribution >= 0.6 is 11.6 Å². The number of imidazole rings is 1. The standard InChI is InChI=1S/C21H22ClN3O2.C2HF3O2/c22-16-8-6-7-15(13-16)18-17-9-2-5-12-25(17)19(24-18)20(26)23-14-21(27)10-3-1-4-11-21;3-2(4,5)1(6)7/h2,5-9,12-13,27H,1,3-4,10-11,14H2,(H,23,26);(H,6,7). The molecule has 2 aromatic heterocycles. The molecule has 2 heterocycles. The maximum absolute atomic E-state index is 12.8. The molecular formula is C23H23ClF3N3O4. The average Bonchev–Trinajstić information content (AvgIpc) is 3.18. The second-order valence-electron chi connectivity index (χ2n) is 8.02. The third-order valence-electron chi connectivity index (χ3n) is 5.45. The van der Waals surface area contributed by atoms with E-state index in [4.69, 9.17) is 21.5 Å². The maximum Gasteiger partial charge on any atom is 0.490 e. The number of benzene rings is 1. The topological polar surface area (TPSA) is 104 Å². The average molecular weight is 498 g/mol. The number of halogens is 4. The molecule has 0 atom stereocenters. The maximum atomic E-state index is 12.8. The minimum atomic E-state index is -5.08. The molecule has 1 aliphatic carbocycles. The summed E-state index contributed by atoms with van der Waals surface area (Å²) < 4.78 is 33.5. The van der Waals surface area contributed by atoms with Crippen molar-refractivity contribution in [3.05, 3.63) is 59.5 Å². The van der Waals surface area contributed by atoms with Crippen molar-refractivity contribution < 1.29 is 33.0 Å². The molecule has 3 N–H and O–H groups in total. The van der Waals surface area contributed by atoms with Crippen LogP contribution in [0.5, 0.6) is 0 Å². The molecule has 1 amide bonds. The van der Waals surface area contributed by atoms with Gasteiger partial charge in [-0.05, 0) is 37.1 Å². The van der Waals surface area contributed by atoms with Gasteiger partial charge in [-0.3, -0.25) is 9.20 Å². The lowest BCUT2D eigenvalue weighted by Gasteiger charge is -2.31. The summed E-state index contributed by atoms with van der Waals surface area (Å²) in [6.45, 7) is 0.250. The molecule has 0 unspecified atom stereocenters. The van der Waals surface area contributed by atoms with Crippen molar-refractivity contribution in [3.63, 3.8) is 0 Å². The van der Waals surface area contributed by atoms with E-state index in [1.165, 1.54) is 0 Å². The van der Waals surface area contributed by atoms with Gasteiger partial charge in [-0.1, -0.05) is 49.1 Å². The van der Waals surface area contributed by atoms with E-state index in [2.05, 4.69) is 10.3 Å². The molecular weight excluding hydrogens is 475 g/mol. The van der Waals surface area contributed by atoms with Gasteiger partial charge in [0.15, 0.2) is 0 Å². The first-order chi connectivity index (χ1) is 16.0. The number of carboxylic acids is 1. The Morgan fingerprint density at radius 1 is 1.12 bits per heavy atom. The number of hydrogen-bond donors (Lipinski definition) is 3. The Morgan fingerprint density at radius 2 is 1.79 bits per heavy atom. The summed E-state index contributed by atoms with van der Waals surface area (Å²) in [5.74, 6) is -2.74. The van der Waals surface area contributed by atoms with E-state index in [1.54, 1.807) is 4.40 Å². The fourth-order valence-corrected chi connectivity index (χ4v) is 3.95. The van der Waals surface area contributed by atoms with Crippen molar-refractivity contribution in [2.75, 3.05) is 6.54 Å². The lowest BCUT2D eigenvalue weighted by atomic mass is 9.85. The molecule has 182 valence electrons. The molecule has 4 rings (SSSR count). The summed E-state index contributed by atoms with van der Waals surface area (Å²) >= 11 is 6.12. The molecule has 1 saturated carbocycles. The van der Waals surface area contributed by atoms with Gasteiger partial charge in [-0.15, -0.1) is 0 Å². The second kappa shape index (κ2) is 10.4. The number of nitrogens with zero attached hydrogens (tertiary/aromatic N) is 2. The van der Waals surface area contributed by atoms with E-state index in [0.717, 1.165) is 43.2 Å². The number of nitrogens with one attached hydrogen (secondary N) is 1. The quantitative estimate of drug-likeness (QED) is 0.484. The van der Waals surface area contributed by atoms with Gasteiger partial charge in [0.05, 0.1) is 16.8 Å². The highest BCUT2D eigenvalue weighted by molar-refractivity contribution is 6.30. The van der Waals surface area contributed by atoms with Crippen LogP contribution in [0.1, 0.15) is 42.7 Å². The van der Waals surface area contributed by atoms with E-state index in [0.29, 0.717) is 16.5 Å². The Hall–Kier alpha value is -3.11. The predicted molar refractivity (Wildman–Crippen MR) is 120 cm³/mol. The Morgan fingerprint density at radius 3 is 2.41 bits per heavy atom. The number of alkyl halides is 3. The Kier molecular flexibility index (Phi) is 7.83. The number of fused-ring (bicyclic) bond motifs is 1. The van der Waals surface area contributed by atoms with Crippen LogP contribution < -0.4 is 5.32 Å². The zero-order valence-corrected chi connectivity index (χ0v) is 18.7. The Labute approximate surface area is 198 Å². The van der Waals surface area contributed by atoms with Crippen LogP contribution in [-0.4, -0.2) is 49.8 Å². The van der Waals surface area contributed by atoms with E-state index < -0.39 is 17.7 Å². The van der Waals surface area contributed by atoms with Crippen LogP contribution in [0, 0.1) is 0 Å². The number of rotatable bonds is 4. The molecule has 0 saturated heterocycles. The van der Waals surface area contributed by atoms with Gasteiger partial charge in [0, 0.05) is 23.3 Å². The Balaban J connectivity index is 0.000000406. The first-order valence-electron chi connectivity index (χ1n) is 10.5. The zero-order chi connectivity index (χ0) is 24.9. The number of pyridine rings is 1. The number of carboxylic acid groups (broad SMARTS) is 1. The van der Waals surface area contributed by atoms with Gasteiger partial charge >= 0.3 is 12.1 Å². The monoisotopic (exact) mass is 497 g/mol. The fourth-order valence-electron chi connectivity index (χ4n) is 3.76. The first-order valence-corrected chi connectivity index (χ1v) is 10.9. The number of aromatic nitrogens is 2.